The lowest BCUT2D eigenvalue weighted by molar-refractivity contribution is -2.00. The molecule has 98 valence electrons. The van der Waals surface area contributed by atoms with Crippen molar-refractivity contribution in [3.63, 3.8) is 0 Å². The largest absolute Gasteiger partial charge is 0.490 e. The molecule has 18 heavy (non-hydrogen) atoms. The highest BCUT2D eigenvalue weighted by molar-refractivity contribution is 5.81. The molecule has 0 aliphatic carbocycles. The summed E-state index contributed by atoms with van der Waals surface area (Å²) in [6.07, 6.45) is 2.02. The number of aromatic nitrogens is 1. The number of pyridine rings is 1. The van der Waals surface area contributed by atoms with Gasteiger partial charge in [0.25, 0.3) is 5.52 Å². The van der Waals surface area contributed by atoms with Gasteiger partial charge in [0.05, 0.1) is 12.5 Å². The molecule has 0 N–H and O–H groups in total. The van der Waals surface area contributed by atoms with Gasteiger partial charge in [-0.1, -0.05) is 6.07 Å². The molecule has 0 aliphatic rings. The van der Waals surface area contributed by atoms with E-state index in [1.165, 1.54) is 5.39 Å². The fourth-order valence-electron chi connectivity index (χ4n) is 1.57. The quantitative estimate of drug-likeness (QED) is 0.512. The Labute approximate surface area is 106 Å². The first-order valence-electron chi connectivity index (χ1n) is 4.86. The molecule has 6 nitrogen and oxygen atoms in total. The Balaban J connectivity index is 0.000000280. The van der Waals surface area contributed by atoms with Gasteiger partial charge in [-0.2, -0.15) is 4.57 Å². The lowest BCUT2D eigenvalue weighted by Crippen LogP contribution is -2.68. The van der Waals surface area contributed by atoms with E-state index >= 15 is 0 Å². The SMILES string of the molecule is COc1cccc2ccc[n+](C)c12.[O-][Cl+3]([O-])([O-])[O-]. The van der Waals surface area contributed by atoms with E-state index in [4.69, 9.17) is 23.4 Å². The lowest BCUT2D eigenvalue weighted by atomic mass is 10.2. The summed E-state index contributed by atoms with van der Waals surface area (Å²) < 4.78 is 41.3. The third kappa shape index (κ3) is 4.44. The number of ether oxygens (including phenoxy) is 1. The predicted octanol–water partition coefficient (Wildman–Crippen LogP) is -3.08. The summed E-state index contributed by atoms with van der Waals surface area (Å²) in [6.45, 7) is 0. The van der Waals surface area contributed by atoms with Crippen molar-refractivity contribution in [2.75, 3.05) is 7.11 Å². The van der Waals surface area contributed by atoms with Crippen LogP contribution in [0.1, 0.15) is 0 Å². The standard InChI is InChI=1S/C11H12NO.ClHO4/c1-12-8-4-6-9-5-3-7-10(13-2)11(9)12;2-1(3,4)5/h3-8H,1-2H3;(H,2,3,4,5)/q+1;/p-1. The Morgan fingerprint density at radius 2 is 1.61 bits per heavy atom. The van der Waals surface area contributed by atoms with E-state index in [1.807, 2.05) is 31.4 Å². The van der Waals surface area contributed by atoms with Crippen LogP contribution in [0.25, 0.3) is 10.9 Å². The Morgan fingerprint density at radius 3 is 2.17 bits per heavy atom. The van der Waals surface area contributed by atoms with Gasteiger partial charge < -0.3 is 4.74 Å². The van der Waals surface area contributed by atoms with Crippen molar-refractivity contribution < 1.29 is 38.2 Å². The Morgan fingerprint density at radius 1 is 1.06 bits per heavy atom. The van der Waals surface area contributed by atoms with Crippen molar-refractivity contribution >= 4 is 10.9 Å². The van der Waals surface area contributed by atoms with Crippen LogP contribution in [0.15, 0.2) is 36.5 Å². The number of halogens is 1. The topological polar surface area (TPSA) is 105 Å². The highest BCUT2D eigenvalue weighted by Gasteiger charge is 2.09. The van der Waals surface area contributed by atoms with Crippen LogP contribution in [-0.4, -0.2) is 7.11 Å². The normalized spacial score (nSPS) is 10.8. The number of benzene rings is 1. The maximum atomic E-state index is 8.49. The number of nitrogens with zero attached hydrogens (tertiary/aromatic N) is 1. The first-order valence-corrected chi connectivity index (χ1v) is 6.09. The summed E-state index contributed by atoms with van der Waals surface area (Å²) in [5.41, 5.74) is 1.13. The fraction of sp³-hybridized carbons (Fsp3) is 0.182. The molecule has 2 rings (SSSR count). The molecular formula is C11H12ClNO5. The third-order valence-electron chi connectivity index (χ3n) is 2.19. The molecule has 0 radical (unpaired) electrons. The molecule has 0 saturated heterocycles. The van der Waals surface area contributed by atoms with Crippen LogP contribution in [0.2, 0.25) is 0 Å². The van der Waals surface area contributed by atoms with Crippen LogP contribution in [-0.2, 0) is 7.05 Å². The molecule has 1 aromatic heterocycles. The Bertz CT molecular complexity index is 515. The van der Waals surface area contributed by atoms with E-state index in [2.05, 4.69) is 16.7 Å². The van der Waals surface area contributed by atoms with Crippen molar-refractivity contribution in [1.29, 1.82) is 0 Å². The predicted molar refractivity (Wildman–Crippen MR) is 51.7 cm³/mol. The molecule has 0 spiro atoms. The molecule has 0 atom stereocenters. The summed E-state index contributed by atoms with van der Waals surface area (Å²) in [5.74, 6) is 0.917. The van der Waals surface area contributed by atoms with Crippen LogP contribution in [0.5, 0.6) is 5.75 Å². The number of methoxy groups -OCH3 is 1. The van der Waals surface area contributed by atoms with E-state index in [1.54, 1.807) is 7.11 Å². The zero-order valence-electron chi connectivity index (χ0n) is 9.83. The molecule has 7 heteroatoms. The number of aryl methyl sites for hydroxylation is 1. The van der Waals surface area contributed by atoms with Gasteiger partial charge in [0.2, 0.25) is 0 Å². The molecular weight excluding hydrogens is 262 g/mol. The lowest BCUT2D eigenvalue weighted by Gasteiger charge is -2.17. The molecule has 2 aromatic rings. The summed E-state index contributed by atoms with van der Waals surface area (Å²) in [7, 11) is -1.23. The average molecular weight is 274 g/mol. The molecule has 1 aromatic carbocycles. The summed E-state index contributed by atoms with van der Waals surface area (Å²) in [4.78, 5) is 0. The second kappa shape index (κ2) is 5.94. The van der Waals surface area contributed by atoms with Crippen molar-refractivity contribution in [2.45, 2.75) is 0 Å². The molecule has 0 saturated carbocycles. The van der Waals surface area contributed by atoms with Gasteiger partial charge in [-0.25, -0.2) is 18.6 Å². The van der Waals surface area contributed by atoms with Crippen LogP contribution < -0.4 is 27.9 Å². The number of hydrogen-bond acceptors (Lipinski definition) is 5. The number of rotatable bonds is 1. The van der Waals surface area contributed by atoms with Crippen molar-refractivity contribution in [2.24, 2.45) is 7.05 Å². The second-order valence-corrected chi connectivity index (χ2v) is 4.15. The van der Waals surface area contributed by atoms with Crippen molar-refractivity contribution in [3.8, 4) is 5.75 Å². The summed E-state index contributed by atoms with van der Waals surface area (Å²) in [5, 5.41) is 1.20. The second-order valence-electron chi connectivity index (χ2n) is 3.40. The van der Waals surface area contributed by atoms with Crippen molar-refractivity contribution in [3.05, 3.63) is 36.5 Å². The molecule has 1 heterocycles. The van der Waals surface area contributed by atoms with Crippen LogP contribution in [0, 0.1) is 10.2 Å². The first kappa shape index (κ1) is 14.6. The molecule has 0 fully saturated rings. The van der Waals surface area contributed by atoms with Gasteiger partial charge >= 0.3 is 0 Å². The minimum absolute atomic E-state index is 0.917. The minimum atomic E-state index is -4.94. The molecule has 0 bridgehead atoms. The monoisotopic (exact) mass is 273 g/mol. The van der Waals surface area contributed by atoms with Gasteiger partial charge in [0.1, 0.15) is 7.05 Å². The maximum absolute atomic E-state index is 8.49. The zero-order chi connectivity index (χ0) is 13.8. The summed E-state index contributed by atoms with van der Waals surface area (Å²) >= 11 is 0. The number of para-hydroxylation sites is 1. The minimum Gasteiger partial charge on any atom is -0.490 e. The van der Waals surface area contributed by atoms with Crippen molar-refractivity contribution in [1.82, 2.24) is 0 Å². The summed E-state index contributed by atoms with van der Waals surface area (Å²) in [6, 6.07) is 10.2. The van der Waals surface area contributed by atoms with Gasteiger partial charge in [-0.05, 0) is 18.2 Å². The van der Waals surface area contributed by atoms with E-state index in [-0.39, 0.29) is 0 Å². The van der Waals surface area contributed by atoms with E-state index in [9.17, 15) is 0 Å². The van der Waals surface area contributed by atoms with E-state index < -0.39 is 10.2 Å². The van der Waals surface area contributed by atoms with Crippen LogP contribution >= 0.6 is 0 Å². The smallest absolute Gasteiger partial charge is 0.254 e. The van der Waals surface area contributed by atoms with Crippen LogP contribution in [0.4, 0.5) is 0 Å². The number of hydrogen-bond donors (Lipinski definition) is 0. The zero-order valence-corrected chi connectivity index (χ0v) is 10.6. The molecule has 0 amide bonds. The highest BCUT2D eigenvalue weighted by atomic mass is 35.7. The van der Waals surface area contributed by atoms with Crippen LogP contribution in [0.3, 0.4) is 0 Å². The maximum Gasteiger partial charge on any atom is 0.254 e. The first-order chi connectivity index (χ1) is 8.33. The Hall–Kier alpha value is -1.44. The number of fused-ring (bicyclic) bond motifs is 1. The van der Waals surface area contributed by atoms with Gasteiger partial charge in [-0.3, -0.25) is 0 Å². The third-order valence-corrected chi connectivity index (χ3v) is 2.19. The highest BCUT2D eigenvalue weighted by Crippen LogP contribution is 2.20. The van der Waals surface area contributed by atoms with E-state index in [0.29, 0.717) is 0 Å². The fourth-order valence-corrected chi connectivity index (χ4v) is 1.57. The van der Waals surface area contributed by atoms with Gasteiger partial charge in [0.15, 0.2) is 11.9 Å². The van der Waals surface area contributed by atoms with E-state index in [0.717, 1.165) is 11.3 Å². The van der Waals surface area contributed by atoms with Gasteiger partial charge in [-0.15, -0.1) is 10.2 Å². The average Bonchev–Trinajstić information content (AvgIpc) is 2.26. The Kier molecular flexibility index (Phi) is 4.83. The van der Waals surface area contributed by atoms with Gasteiger partial charge in [0, 0.05) is 6.07 Å². The molecule has 0 unspecified atom stereocenters. The molecule has 0 aliphatic heterocycles.